The highest BCUT2D eigenvalue weighted by molar-refractivity contribution is 5.92. The molecule has 110 valence electrons. The Kier molecular flexibility index (Phi) is 5.35. The molecule has 1 aliphatic carbocycles. The number of carbonyl (C=O) groups excluding carboxylic acids is 1. The molecule has 0 radical (unpaired) electrons. The molecule has 1 aromatic rings. The summed E-state index contributed by atoms with van der Waals surface area (Å²) in [6.45, 7) is 0.390. The number of aliphatic hydroxyl groups is 1. The summed E-state index contributed by atoms with van der Waals surface area (Å²) < 4.78 is 5.16. The predicted molar refractivity (Wildman–Crippen MR) is 78.4 cm³/mol. The molecule has 1 N–H and O–H groups in total. The van der Waals surface area contributed by atoms with Crippen molar-refractivity contribution < 1.29 is 14.6 Å². The average molecular weight is 286 g/mol. The van der Waals surface area contributed by atoms with E-state index in [1.54, 1.807) is 23.1 Å². The number of benzene rings is 1. The maximum Gasteiger partial charge on any atom is 0.246 e. The van der Waals surface area contributed by atoms with E-state index in [0.29, 0.717) is 12.3 Å². The molecule has 21 heavy (non-hydrogen) atoms. The van der Waals surface area contributed by atoms with E-state index < -0.39 is 0 Å². The largest absolute Gasteiger partial charge is 0.479 e. The lowest BCUT2D eigenvalue weighted by Gasteiger charge is -2.19. The average Bonchev–Trinajstić information content (AvgIpc) is 3.34. The fraction of sp³-hybridized carbons (Fsp3) is 0.375. The topological polar surface area (TPSA) is 73.6 Å². The Balaban J connectivity index is 1.93. The van der Waals surface area contributed by atoms with Crippen LogP contribution in [0.25, 0.3) is 6.08 Å². The number of rotatable bonds is 7. The van der Waals surface area contributed by atoms with E-state index >= 15 is 0 Å². The molecule has 0 unspecified atom stereocenters. The van der Waals surface area contributed by atoms with Crippen LogP contribution in [0.1, 0.15) is 18.4 Å². The summed E-state index contributed by atoms with van der Waals surface area (Å²) >= 11 is 0. The molecule has 1 aliphatic rings. The number of ether oxygens (including phenoxy) is 1. The van der Waals surface area contributed by atoms with E-state index in [-0.39, 0.29) is 25.2 Å². The normalized spacial score (nSPS) is 13.9. The molecule has 0 spiro atoms. The molecule has 0 aliphatic heterocycles. The molecule has 5 heteroatoms. The standard InChI is InChI=1S/C16H18N2O3/c17-9-12-21-15-6-1-13(2-7-15)3-8-16(20)18(10-11-19)14-4-5-14/h1-3,6-8,14,19H,4-5,10-12H2/b8-3+. The van der Waals surface area contributed by atoms with E-state index in [4.69, 9.17) is 15.1 Å². The van der Waals surface area contributed by atoms with Gasteiger partial charge in [0.05, 0.1) is 6.61 Å². The third-order valence-corrected chi connectivity index (χ3v) is 3.21. The van der Waals surface area contributed by atoms with Crippen LogP contribution < -0.4 is 4.74 Å². The van der Waals surface area contributed by atoms with Crippen molar-refractivity contribution in [3.63, 3.8) is 0 Å². The van der Waals surface area contributed by atoms with Gasteiger partial charge in [-0.1, -0.05) is 12.1 Å². The van der Waals surface area contributed by atoms with Gasteiger partial charge in [0.1, 0.15) is 11.8 Å². The Bertz CT molecular complexity index is 542. The van der Waals surface area contributed by atoms with Gasteiger partial charge in [0.25, 0.3) is 0 Å². The first kappa shape index (κ1) is 15.1. The highest BCUT2D eigenvalue weighted by atomic mass is 16.5. The van der Waals surface area contributed by atoms with Crippen LogP contribution in [0.3, 0.4) is 0 Å². The minimum Gasteiger partial charge on any atom is -0.479 e. The summed E-state index contributed by atoms with van der Waals surface area (Å²) in [5.74, 6) is 0.552. The highest BCUT2D eigenvalue weighted by Crippen LogP contribution is 2.26. The van der Waals surface area contributed by atoms with Gasteiger partial charge >= 0.3 is 0 Å². The van der Waals surface area contributed by atoms with E-state index in [1.807, 2.05) is 18.2 Å². The zero-order chi connectivity index (χ0) is 15.1. The monoisotopic (exact) mass is 286 g/mol. The van der Waals surface area contributed by atoms with Crippen molar-refractivity contribution in [1.29, 1.82) is 5.26 Å². The summed E-state index contributed by atoms with van der Waals surface area (Å²) in [5, 5.41) is 17.4. The van der Waals surface area contributed by atoms with Crippen molar-refractivity contribution in [2.75, 3.05) is 19.8 Å². The number of hydrogen-bond donors (Lipinski definition) is 1. The van der Waals surface area contributed by atoms with Gasteiger partial charge < -0.3 is 14.7 Å². The molecule has 2 rings (SSSR count). The second-order valence-corrected chi connectivity index (χ2v) is 4.84. The number of carbonyl (C=O) groups is 1. The molecule has 5 nitrogen and oxygen atoms in total. The first-order valence-electron chi connectivity index (χ1n) is 6.94. The fourth-order valence-corrected chi connectivity index (χ4v) is 2.02. The lowest BCUT2D eigenvalue weighted by atomic mass is 10.2. The van der Waals surface area contributed by atoms with Gasteiger partial charge in [-0.25, -0.2) is 0 Å². The van der Waals surface area contributed by atoms with Crippen molar-refractivity contribution in [2.45, 2.75) is 18.9 Å². The van der Waals surface area contributed by atoms with Crippen molar-refractivity contribution in [1.82, 2.24) is 4.90 Å². The van der Waals surface area contributed by atoms with Crippen LogP contribution in [-0.4, -0.2) is 41.7 Å². The molecular formula is C16H18N2O3. The summed E-state index contributed by atoms with van der Waals surface area (Å²) in [6.07, 6.45) is 5.30. The summed E-state index contributed by atoms with van der Waals surface area (Å²) in [5.41, 5.74) is 0.882. The zero-order valence-corrected chi connectivity index (χ0v) is 11.7. The number of amides is 1. The molecule has 1 saturated carbocycles. The maximum absolute atomic E-state index is 12.1. The van der Waals surface area contributed by atoms with Crippen LogP contribution in [0.5, 0.6) is 5.75 Å². The second kappa shape index (κ2) is 7.46. The van der Waals surface area contributed by atoms with Gasteiger partial charge in [-0.05, 0) is 36.6 Å². The SMILES string of the molecule is N#CCOc1ccc(/C=C/C(=O)N(CCO)C2CC2)cc1. The van der Waals surface area contributed by atoms with E-state index in [9.17, 15) is 4.79 Å². The first-order chi connectivity index (χ1) is 10.2. The predicted octanol–water partition coefficient (Wildman–Crippen LogP) is 1.59. The molecule has 0 aromatic heterocycles. The van der Waals surface area contributed by atoms with E-state index in [2.05, 4.69) is 0 Å². The van der Waals surface area contributed by atoms with Crippen molar-refractivity contribution >= 4 is 12.0 Å². The molecule has 1 fully saturated rings. The minimum absolute atomic E-state index is 0.0129. The quantitative estimate of drug-likeness (QED) is 0.772. The Morgan fingerprint density at radius 1 is 1.43 bits per heavy atom. The van der Waals surface area contributed by atoms with Crippen LogP contribution in [0.2, 0.25) is 0 Å². The van der Waals surface area contributed by atoms with Crippen molar-refractivity contribution in [3.8, 4) is 11.8 Å². The molecule has 0 bridgehead atoms. The number of nitrogens with zero attached hydrogens (tertiary/aromatic N) is 2. The van der Waals surface area contributed by atoms with Crippen molar-refractivity contribution in [2.24, 2.45) is 0 Å². The Labute approximate surface area is 124 Å². The fourth-order valence-electron chi connectivity index (χ4n) is 2.02. The molecular weight excluding hydrogens is 268 g/mol. The number of aliphatic hydroxyl groups excluding tert-OH is 1. The minimum atomic E-state index is -0.0728. The van der Waals surface area contributed by atoms with Crippen molar-refractivity contribution in [3.05, 3.63) is 35.9 Å². The van der Waals surface area contributed by atoms with E-state index in [0.717, 1.165) is 18.4 Å². The van der Waals surface area contributed by atoms with Gasteiger partial charge in [-0.3, -0.25) is 4.79 Å². The molecule has 0 saturated heterocycles. The highest BCUT2D eigenvalue weighted by Gasteiger charge is 2.30. The molecule has 0 atom stereocenters. The van der Waals surface area contributed by atoms with Crippen LogP contribution in [0.4, 0.5) is 0 Å². The molecule has 1 amide bonds. The molecule has 1 aromatic carbocycles. The third kappa shape index (κ3) is 4.62. The van der Waals surface area contributed by atoms with Gasteiger partial charge in [0.15, 0.2) is 6.61 Å². The van der Waals surface area contributed by atoms with Crippen LogP contribution in [0, 0.1) is 11.3 Å². The lowest BCUT2D eigenvalue weighted by Crippen LogP contribution is -2.34. The first-order valence-corrected chi connectivity index (χ1v) is 6.94. The molecule has 0 heterocycles. The summed E-state index contributed by atoms with van der Waals surface area (Å²) in [7, 11) is 0. The van der Waals surface area contributed by atoms with Crippen LogP contribution in [-0.2, 0) is 4.79 Å². The van der Waals surface area contributed by atoms with Gasteiger partial charge in [-0.15, -0.1) is 0 Å². The smallest absolute Gasteiger partial charge is 0.246 e. The zero-order valence-electron chi connectivity index (χ0n) is 11.7. The van der Waals surface area contributed by atoms with Crippen LogP contribution >= 0.6 is 0 Å². The van der Waals surface area contributed by atoms with Gasteiger partial charge in [0.2, 0.25) is 5.91 Å². The van der Waals surface area contributed by atoms with Gasteiger partial charge in [-0.2, -0.15) is 5.26 Å². The van der Waals surface area contributed by atoms with Crippen LogP contribution in [0.15, 0.2) is 30.3 Å². The summed E-state index contributed by atoms with van der Waals surface area (Å²) in [4.78, 5) is 13.8. The Morgan fingerprint density at radius 2 is 2.14 bits per heavy atom. The number of nitriles is 1. The lowest BCUT2D eigenvalue weighted by molar-refractivity contribution is -0.127. The summed E-state index contributed by atoms with van der Waals surface area (Å²) in [6, 6.07) is 9.36. The van der Waals surface area contributed by atoms with Gasteiger partial charge in [0, 0.05) is 18.7 Å². The second-order valence-electron chi connectivity index (χ2n) is 4.84. The third-order valence-electron chi connectivity index (χ3n) is 3.21. The number of hydrogen-bond acceptors (Lipinski definition) is 4. The Morgan fingerprint density at radius 3 is 2.71 bits per heavy atom. The van der Waals surface area contributed by atoms with E-state index in [1.165, 1.54) is 6.08 Å². The Hall–Kier alpha value is -2.32. The maximum atomic E-state index is 12.1.